The molecule has 0 aromatic heterocycles. The third-order valence-corrected chi connectivity index (χ3v) is 3.45. The number of Topliss-reactive ketones (excluding diaryl/α,β-unsaturated/α-hetero) is 1. The number of carbonyl (C=O) groups excluding carboxylic acids is 1. The summed E-state index contributed by atoms with van der Waals surface area (Å²) in [6.07, 6.45) is 0.959. The second-order valence-electron chi connectivity index (χ2n) is 4.80. The number of halogens is 1. The Morgan fingerprint density at radius 2 is 2.33 bits per heavy atom. The number of carbonyl (C=O) groups is 1. The molecule has 1 fully saturated rings. The van der Waals surface area contributed by atoms with Gasteiger partial charge in [-0.25, -0.2) is 0 Å². The number of phenols is 1. The molecule has 1 saturated heterocycles. The molecule has 1 heterocycles. The van der Waals surface area contributed by atoms with Crippen molar-refractivity contribution in [3.05, 3.63) is 28.3 Å². The van der Waals surface area contributed by atoms with Gasteiger partial charge in [-0.2, -0.15) is 0 Å². The van der Waals surface area contributed by atoms with Crippen molar-refractivity contribution in [3.63, 3.8) is 0 Å². The Morgan fingerprint density at radius 3 is 2.89 bits per heavy atom. The van der Waals surface area contributed by atoms with E-state index in [0.29, 0.717) is 17.1 Å². The van der Waals surface area contributed by atoms with E-state index in [0.717, 1.165) is 19.5 Å². The number of benzene rings is 1. The van der Waals surface area contributed by atoms with Crippen LogP contribution in [0.15, 0.2) is 12.1 Å². The molecule has 1 atom stereocenters. The maximum absolute atomic E-state index is 11.4. The summed E-state index contributed by atoms with van der Waals surface area (Å²) in [5.74, 6) is -0.151. The van der Waals surface area contributed by atoms with E-state index in [4.69, 9.17) is 17.3 Å². The SMILES string of the molecule is CC(=O)c1cc(Cl)cc(CN2CCC(N)C2)c1O. The Kier molecular flexibility index (Phi) is 3.90. The monoisotopic (exact) mass is 268 g/mol. The summed E-state index contributed by atoms with van der Waals surface area (Å²) in [5, 5.41) is 10.5. The van der Waals surface area contributed by atoms with Crippen LogP contribution >= 0.6 is 11.6 Å². The molecule has 1 aliphatic rings. The molecule has 0 aliphatic carbocycles. The predicted molar refractivity (Wildman–Crippen MR) is 71.0 cm³/mol. The molecule has 1 aliphatic heterocycles. The van der Waals surface area contributed by atoms with Crippen molar-refractivity contribution in [1.29, 1.82) is 0 Å². The van der Waals surface area contributed by atoms with E-state index in [1.807, 2.05) is 0 Å². The highest BCUT2D eigenvalue weighted by atomic mass is 35.5. The normalized spacial score (nSPS) is 20.3. The van der Waals surface area contributed by atoms with Crippen molar-refractivity contribution in [2.24, 2.45) is 5.73 Å². The number of hydrogen-bond donors (Lipinski definition) is 2. The van der Waals surface area contributed by atoms with Crippen LogP contribution in [-0.2, 0) is 6.54 Å². The second kappa shape index (κ2) is 5.26. The molecule has 4 nitrogen and oxygen atoms in total. The Balaban J connectivity index is 2.24. The molecule has 0 spiro atoms. The van der Waals surface area contributed by atoms with Crippen molar-refractivity contribution in [1.82, 2.24) is 4.90 Å². The fourth-order valence-electron chi connectivity index (χ4n) is 2.29. The molecule has 0 amide bonds. The lowest BCUT2D eigenvalue weighted by Gasteiger charge is -2.17. The summed E-state index contributed by atoms with van der Waals surface area (Å²) in [6.45, 7) is 3.70. The zero-order valence-corrected chi connectivity index (χ0v) is 11.1. The molecule has 1 unspecified atom stereocenters. The highest BCUT2D eigenvalue weighted by molar-refractivity contribution is 6.31. The number of likely N-dealkylation sites (tertiary alicyclic amines) is 1. The second-order valence-corrected chi connectivity index (χ2v) is 5.24. The average Bonchev–Trinajstić information content (AvgIpc) is 2.68. The van der Waals surface area contributed by atoms with Crippen LogP contribution in [0.1, 0.15) is 29.3 Å². The standard InChI is InChI=1S/C13H17ClN2O2/c1-8(17)12-5-10(14)4-9(13(12)18)6-16-3-2-11(15)7-16/h4-5,11,18H,2-3,6-7,15H2,1H3. The molecule has 0 bridgehead atoms. The zero-order chi connectivity index (χ0) is 13.3. The van der Waals surface area contributed by atoms with Gasteiger partial charge in [0.25, 0.3) is 0 Å². The first-order valence-electron chi connectivity index (χ1n) is 5.97. The van der Waals surface area contributed by atoms with Crippen LogP contribution < -0.4 is 5.73 Å². The van der Waals surface area contributed by atoms with Crippen LogP contribution in [0.2, 0.25) is 5.02 Å². The summed E-state index contributed by atoms with van der Waals surface area (Å²) in [4.78, 5) is 13.6. The Bertz CT molecular complexity index is 476. The Labute approximate surface area is 111 Å². The van der Waals surface area contributed by atoms with Gasteiger partial charge in [0.1, 0.15) is 5.75 Å². The zero-order valence-electron chi connectivity index (χ0n) is 10.3. The molecule has 3 N–H and O–H groups in total. The number of rotatable bonds is 3. The highest BCUT2D eigenvalue weighted by Crippen LogP contribution is 2.29. The summed E-state index contributed by atoms with van der Waals surface area (Å²) in [7, 11) is 0. The van der Waals surface area contributed by atoms with Gasteiger partial charge in [-0.15, -0.1) is 0 Å². The first-order valence-corrected chi connectivity index (χ1v) is 6.35. The van der Waals surface area contributed by atoms with Crippen molar-refractivity contribution in [3.8, 4) is 5.75 Å². The van der Waals surface area contributed by atoms with Gasteiger partial charge in [0.05, 0.1) is 5.56 Å². The van der Waals surface area contributed by atoms with Crippen LogP contribution in [0.5, 0.6) is 5.75 Å². The molecule has 1 aromatic rings. The fourth-order valence-corrected chi connectivity index (χ4v) is 2.53. The molecule has 1 aromatic carbocycles. The largest absolute Gasteiger partial charge is 0.507 e. The summed E-state index contributed by atoms with van der Waals surface area (Å²) in [6, 6.07) is 3.39. The van der Waals surface area contributed by atoms with Crippen molar-refractivity contribution in [2.75, 3.05) is 13.1 Å². The topological polar surface area (TPSA) is 66.6 Å². The molecule has 0 radical (unpaired) electrons. The van der Waals surface area contributed by atoms with Gasteiger partial charge < -0.3 is 10.8 Å². The lowest BCUT2D eigenvalue weighted by molar-refractivity contribution is 0.101. The van der Waals surface area contributed by atoms with E-state index in [2.05, 4.69) is 4.90 Å². The molecule has 18 heavy (non-hydrogen) atoms. The molecular formula is C13H17ClN2O2. The fraction of sp³-hybridized carbons (Fsp3) is 0.462. The van der Waals surface area contributed by atoms with E-state index in [-0.39, 0.29) is 23.1 Å². The maximum Gasteiger partial charge on any atom is 0.163 e. The third kappa shape index (κ3) is 2.83. The minimum Gasteiger partial charge on any atom is -0.507 e. The van der Waals surface area contributed by atoms with Crippen LogP contribution in [0.4, 0.5) is 0 Å². The third-order valence-electron chi connectivity index (χ3n) is 3.24. The lowest BCUT2D eigenvalue weighted by Crippen LogP contribution is -2.26. The molecule has 0 saturated carbocycles. The van der Waals surface area contributed by atoms with Gasteiger partial charge >= 0.3 is 0 Å². The smallest absolute Gasteiger partial charge is 0.163 e. The maximum atomic E-state index is 11.4. The van der Waals surface area contributed by atoms with Gasteiger partial charge in [0.2, 0.25) is 0 Å². The average molecular weight is 269 g/mol. The number of nitrogens with two attached hydrogens (primary N) is 1. The quantitative estimate of drug-likeness (QED) is 0.820. The van der Waals surface area contributed by atoms with Crippen molar-refractivity contribution >= 4 is 17.4 Å². The minimum absolute atomic E-state index is 0.0346. The van der Waals surface area contributed by atoms with E-state index >= 15 is 0 Å². The predicted octanol–water partition coefficient (Wildman–Crippen LogP) is 1.78. The Hall–Kier alpha value is -1.10. The number of hydrogen-bond acceptors (Lipinski definition) is 4. The molecular weight excluding hydrogens is 252 g/mol. The number of ketones is 1. The van der Waals surface area contributed by atoms with Crippen LogP contribution in [-0.4, -0.2) is 34.9 Å². The molecule has 5 heteroatoms. The van der Waals surface area contributed by atoms with Gasteiger partial charge in [0, 0.05) is 36.3 Å². The molecule has 98 valence electrons. The van der Waals surface area contributed by atoms with Gasteiger partial charge in [-0.05, 0) is 25.5 Å². The number of nitrogens with zero attached hydrogens (tertiary/aromatic N) is 1. The van der Waals surface area contributed by atoms with Crippen molar-refractivity contribution < 1.29 is 9.90 Å². The van der Waals surface area contributed by atoms with Gasteiger partial charge in [-0.3, -0.25) is 9.69 Å². The molecule has 2 rings (SSSR count). The number of aromatic hydroxyl groups is 1. The summed E-state index contributed by atoms with van der Waals surface area (Å²) < 4.78 is 0. The summed E-state index contributed by atoms with van der Waals surface area (Å²) in [5.41, 5.74) is 6.80. The van der Waals surface area contributed by atoms with E-state index in [9.17, 15) is 9.90 Å². The summed E-state index contributed by atoms with van der Waals surface area (Å²) >= 11 is 5.97. The van der Waals surface area contributed by atoms with Gasteiger partial charge in [-0.1, -0.05) is 11.6 Å². The minimum atomic E-state index is -0.186. The number of phenolic OH excluding ortho intramolecular Hbond substituents is 1. The van der Waals surface area contributed by atoms with E-state index in [1.165, 1.54) is 13.0 Å². The van der Waals surface area contributed by atoms with E-state index in [1.54, 1.807) is 6.07 Å². The highest BCUT2D eigenvalue weighted by Gasteiger charge is 2.21. The first-order chi connectivity index (χ1) is 8.47. The van der Waals surface area contributed by atoms with Crippen LogP contribution in [0, 0.1) is 0 Å². The lowest BCUT2D eigenvalue weighted by atomic mass is 10.1. The van der Waals surface area contributed by atoms with Gasteiger partial charge in [0.15, 0.2) is 5.78 Å². The van der Waals surface area contributed by atoms with Crippen LogP contribution in [0.3, 0.4) is 0 Å². The van der Waals surface area contributed by atoms with E-state index < -0.39 is 0 Å². The van der Waals surface area contributed by atoms with Crippen molar-refractivity contribution in [2.45, 2.75) is 25.9 Å². The Morgan fingerprint density at radius 1 is 1.61 bits per heavy atom. The van der Waals surface area contributed by atoms with Crippen LogP contribution in [0.25, 0.3) is 0 Å². The first kappa shape index (κ1) is 13.3.